The van der Waals surface area contributed by atoms with Gasteiger partial charge in [-0.2, -0.15) is 4.57 Å². The summed E-state index contributed by atoms with van der Waals surface area (Å²) in [6, 6.07) is 13.3. The molecule has 0 saturated carbocycles. The first kappa shape index (κ1) is 29.5. The molecule has 210 valence electrons. The monoisotopic (exact) mass is 610 g/mol. The molecule has 0 fully saturated rings. The van der Waals surface area contributed by atoms with Crippen molar-refractivity contribution >= 4 is 70.8 Å². The Bertz CT molecular complexity index is 1630. The molecule has 2 aromatic carbocycles. The van der Waals surface area contributed by atoms with Gasteiger partial charge in [0.1, 0.15) is 10.5 Å². The molecule has 3 aromatic rings. The Morgan fingerprint density at radius 2 is 1.82 bits per heavy atom. The van der Waals surface area contributed by atoms with Gasteiger partial charge in [-0.3, -0.25) is 0 Å². The van der Waals surface area contributed by atoms with Gasteiger partial charge in [0, 0.05) is 47.7 Å². The van der Waals surface area contributed by atoms with Crippen LogP contribution in [-0.2, 0) is 26.8 Å². The lowest BCUT2D eigenvalue weighted by molar-refractivity contribution is -0.668. The number of fused-ring (bicyclic) bond motifs is 2. The fourth-order valence-electron chi connectivity index (χ4n) is 4.56. The number of halogens is 1. The molecular weight excluding hydrogens is 582 g/mol. The smallest absolute Gasteiger partial charge is 0.262 e. The molecule has 39 heavy (non-hydrogen) atoms. The second-order valence-corrected chi connectivity index (χ2v) is 14.0. The van der Waals surface area contributed by atoms with Crippen molar-refractivity contribution in [1.29, 1.82) is 0 Å². The molecule has 1 aliphatic heterocycles. The summed E-state index contributed by atoms with van der Waals surface area (Å²) in [4.78, 5) is 4.05. The molecule has 0 spiro atoms. The highest BCUT2D eigenvalue weighted by molar-refractivity contribution is 7.86. The van der Waals surface area contributed by atoms with E-state index < -0.39 is 31.2 Å². The molecule has 0 bridgehead atoms. The van der Waals surface area contributed by atoms with Crippen LogP contribution in [0.3, 0.4) is 0 Å². The Morgan fingerprint density at radius 1 is 1.08 bits per heavy atom. The van der Waals surface area contributed by atoms with E-state index in [2.05, 4.69) is 4.90 Å². The van der Waals surface area contributed by atoms with E-state index in [0.29, 0.717) is 24.7 Å². The summed E-state index contributed by atoms with van der Waals surface area (Å²) in [6.07, 6.45) is 6.08. The molecule has 1 atom stereocenters. The number of para-hydroxylation sites is 1. The molecule has 4 rings (SSSR count). The van der Waals surface area contributed by atoms with Crippen LogP contribution < -0.4 is 14.4 Å². The average Bonchev–Trinajstić information content (AvgIpc) is 3.35. The number of benzene rings is 2. The van der Waals surface area contributed by atoms with Crippen LogP contribution in [0, 0.1) is 0 Å². The number of aryl methyl sites for hydroxylation is 1. The van der Waals surface area contributed by atoms with Gasteiger partial charge >= 0.3 is 0 Å². The lowest BCUT2D eigenvalue weighted by Crippen LogP contribution is -2.36. The summed E-state index contributed by atoms with van der Waals surface area (Å²) >= 11 is 7.84. The van der Waals surface area contributed by atoms with Crippen LogP contribution in [0.25, 0.3) is 16.3 Å². The number of nitrogens with zero attached hydrogens (tertiary/aromatic N) is 3. The number of aromatic nitrogens is 1. The first-order valence-corrected chi connectivity index (χ1v) is 16.7. The molecule has 1 aliphatic rings. The van der Waals surface area contributed by atoms with Crippen molar-refractivity contribution in [2.75, 3.05) is 28.6 Å². The van der Waals surface area contributed by atoms with E-state index in [4.69, 9.17) is 11.6 Å². The molecule has 2 heterocycles. The molecule has 13 heteroatoms. The maximum atomic E-state index is 11.5. The van der Waals surface area contributed by atoms with Crippen molar-refractivity contribution in [2.24, 2.45) is 0 Å². The highest BCUT2D eigenvalue weighted by Crippen LogP contribution is 2.43. The van der Waals surface area contributed by atoms with Gasteiger partial charge in [-0.1, -0.05) is 41.1 Å². The third kappa shape index (κ3) is 7.00. The number of thiazole rings is 1. The second-order valence-electron chi connectivity index (χ2n) is 9.18. The van der Waals surface area contributed by atoms with Gasteiger partial charge in [-0.25, -0.2) is 16.8 Å². The standard InChI is InChI=1S/C26H30ClN3O6S3/c1-3-28-21-13-12-20(27)18-23(21)29(16-14-19(2)39(34,35)36)25(28)10-6-11-26-30(15-7-17-38(31,32)33)22-8-4-5-9-24(22)37-26/h4-6,8-13,18-19H,3,7,14-17H2,1-2H3,(H-,31,32,33,34,35,36)/p-1. The van der Waals surface area contributed by atoms with Gasteiger partial charge in [0.05, 0.1) is 31.6 Å². The molecular formula is C26H29ClN3O6S3-. The van der Waals surface area contributed by atoms with Crippen LogP contribution in [0.1, 0.15) is 31.7 Å². The average molecular weight is 611 g/mol. The van der Waals surface area contributed by atoms with E-state index in [1.807, 2.05) is 71.0 Å². The quantitative estimate of drug-likeness (QED) is 0.232. The van der Waals surface area contributed by atoms with E-state index in [9.17, 15) is 25.9 Å². The maximum Gasteiger partial charge on any atom is 0.262 e. The zero-order valence-electron chi connectivity index (χ0n) is 21.5. The number of allylic oxidation sites excluding steroid dienone is 2. The van der Waals surface area contributed by atoms with E-state index in [1.54, 1.807) is 17.4 Å². The van der Waals surface area contributed by atoms with E-state index in [1.165, 1.54) is 6.92 Å². The molecule has 0 saturated heterocycles. The number of hydrogen-bond acceptors (Lipinski definition) is 9. The third-order valence-electron chi connectivity index (χ3n) is 6.54. The molecule has 0 amide bonds. The van der Waals surface area contributed by atoms with Gasteiger partial charge < -0.3 is 18.9 Å². The zero-order chi connectivity index (χ0) is 28.4. The fraction of sp³-hybridized carbons (Fsp3) is 0.346. The summed E-state index contributed by atoms with van der Waals surface area (Å²) in [7, 11) is -8.71. The van der Waals surface area contributed by atoms with Gasteiger partial charge in [-0.15, -0.1) is 0 Å². The normalized spacial score (nSPS) is 16.1. The summed E-state index contributed by atoms with van der Waals surface area (Å²) < 4.78 is 71.0. The Morgan fingerprint density at radius 3 is 2.51 bits per heavy atom. The molecule has 9 nitrogen and oxygen atoms in total. The first-order chi connectivity index (χ1) is 18.4. The zero-order valence-corrected chi connectivity index (χ0v) is 24.7. The van der Waals surface area contributed by atoms with Crippen LogP contribution in [0.15, 0.2) is 60.4 Å². The largest absolute Gasteiger partial charge is 0.748 e. The van der Waals surface area contributed by atoms with E-state index >= 15 is 0 Å². The third-order valence-corrected chi connectivity index (χ3v) is 9.91. The summed E-state index contributed by atoms with van der Waals surface area (Å²) in [5.41, 5.74) is 2.70. The minimum Gasteiger partial charge on any atom is -0.748 e. The van der Waals surface area contributed by atoms with Crippen LogP contribution in [0.4, 0.5) is 11.4 Å². The maximum absolute atomic E-state index is 11.5. The Kier molecular flexibility index (Phi) is 9.04. The Labute approximate surface area is 238 Å². The fourth-order valence-corrected chi connectivity index (χ4v) is 6.70. The van der Waals surface area contributed by atoms with E-state index in [-0.39, 0.29) is 12.8 Å². The lowest BCUT2D eigenvalue weighted by atomic mass is 10.2. The summed E-state index contributed by atoms with van der Waals surface area (Å²) in [5.74, 6) is 0.377. The van der Waals surface area contributed by atoms with Crippen molar-refractivity contribution in [3.05, 3.63) is 70.5 Å². The van der Waals surface area contributed by atoms with Crippen LogP contribution in [0.5, 0.6) is 0 Å². The summed E-state index contributed by atoms with van der Waals surface area (Å²) in [6.45, 7) is 4.75. The topological polar surface area (TPSA) is 125 Å². The highest BCUT2D eigenvalue weighted by atomic mass is 35.5. The molecule has 0 N–H and O–H groups in total. The van der Waals surface area contributed by atoms with Gasteiger partial charge in [0.15, 0.2) is 6.54 Å². The number of hydrogen-bond donors (Lipinski definition) is 0. The van der Waals surface area contributed by atoms with E-state index in [0.717, 1.165) is 32.4 Å². The van der Waals surface area contributed by atoms with Crippen molar-refractivity contribution in [3.8, 4) is 0 Å². The number of rotatable bonds is 11. The van der Waals surface area contributed by atoms with Crippen molar-refractivity contribution in [1.82, 2.24) is 0 Å². The number of anilines is 2. The van der Waals surface area contributed by atoms with Crippen LogP contribution >= 0.6 is 22.9 Å². The van der Waals surface area contributed by atoms with Crippen molar-refractivity contribution in [2.45, 2.75) is 38.5 Å². The predicted octanol–water partition coefficient (Wildman–Crippen LogP) is 4.30. The van der Waals surface area contributed by atoms with Crippen LogP contribution in [-0.4, -0.2) is 50.0 Å². The second kappa shape index (κ2) is 11.9. The molecule has 1 unspecified atom stereocenters. The predicted molar refractivity (Wildman–Crippen MR) is 154 cm³/mol. The summed E-state index contributed by atoms with van der Waals surface area (Å²) in [5, 5.41) is 0.390. The lowest BCUT2D eigenvalue weighted by Gasteiger charge is -2.26. The molecule has 0 radical (unpaired) electrons. The Hall–Kier alpha value is -2.48. The van der Waals surface area contributed by atoms with Crippen molar-refractivity contribution < 1.29 is 30.5 Å². The Balaban J connectivity index is 1.68. The van der Waals surface area contributed by atoms with Crippen molar-refractivity contribution in [3.63, 3.8) is 0 Å². The van der Waals surface area contributed by atoms with Gasteiger partial charge in [0.2, 0.25) is 5.52 Å². The first-order valence-electron chi connectivity index (χ1n) is 12.4. The minimum atomic E-state index is -4.41. The van der Waals surface area contributed by atoms with Crippen LogP contribution in [0.2, 0.25) is 5.02 Å². The SMILES string of the molecule is CCN1C(=CC=Cc2sc3ccccc3[n+]2CCCS(=O)(=O)[O-])N(CCC(C)S(=O)(=O)[O-])c2cc(Cl)ccc21. The molecule has 0 aliphatic carbocycles. The van der Waals surface area contributed by atoms with Gasteiger partial charge in [0.25, 0.3) is 5.01 Å². The molecule has 1 aromatic heterocycles. The highest BCUT2D eigenvalue weighted by Gasteiger charge is 2.30. The van der Waals surface area contributed by atoms with Gasteiger partial charge in [-0.05, 0) is 50.6 Å². The minimum absolute atomic E-state index is 0.148.